The Morgan fingerprint density at radius 2 is 2.04 bits per heavy atom. The van der Waals surface area contributed by atoms with Crippen LogP contribution in [0.25, 0.3) is 16.8 Å². The highest BCUT2D eigenvalue weighted by Crippen LogP contribution is 2.25. The third-order valence-electron chi connectivity index (χ3n) is 4.44. The van der Waals surface area contributed by atoms with Crippen LogP contribution < -0.4 is 4.72 Å². The largest absolute Gasteiger partial charge is 0.378 e. The number of carbonyl (C=O) groups is 1. The molecular formula is C19H20N4O2S. The van der Waals surface area contributed by atoms with Gasteiger partial charge >= 0.3 is 0 Å². The van der Waals surface area contributed by atoms with Crippen molar-refractivity contribution in [2.45, 2.75) is 0 Å². The highest BCUT2D eigenvalue weighted by atomic mass is 32.2. The number of imidazole rings is 1. The third kappa shape index (κ3) is 3.27. The summed E-state index contributed by atoms with van der Waals surface area (Å²) in [6.07, 6.45) is 5.63. The van der Waals surface area contributed by atoms with Crippen molar-refractivity contribution in [3.8, 4) is 11.1 Å². The summed E-state index contributed by atoms with van der Waals surface area (Å²) in [5.41, 5.74) is 4.52. The summed E-state index contributed by atoms with van der Waals surface area (Å²) in [6, 6.07) is 12.2. The van der Waals surface area contributed by atoms with E-state index in [1.807, 2.05) is 46.0 Å². The van der Waals surface area contributed by atoms with E-state index >= 15 is 0 Å². The summed E-state index contributed by atoms with van der Waals surface area (Å²) in [6.45, 7) is 2.41. The molecule has 3 heterocycles. The average molecular weight is 368 g/mol. The zero-order chi connectivity index (χ0) is 17.9. The fourth-order valence-corrected chi connectivity index (χ4v) is 3.48. The number of hydrogen-bond acceptors (Lipinski definition) is 5. The topological polar surface area (TPSA) is 58.9 Å². The van der Waals surface area contributed by atoms with E-state index in [1.54, 1.807) is 18.1 Å². The minimum Gasteiger partial charge on any atom is -0.378 e. The molecule has 1 aliphatic heterocycles. The summed E-state index contributed by atoms with van der Waals surface area (Å²) in [5, 5.41) is 0. The summed E-state index contributed by atoms with van der Waals surface area (Å²) < 4.78 is 10.5. The maximum Gasteiger partial charge on any atom is 0.272 e. The van der Waals surface area contributed by atoms with Crippen LogP contribution in [0, 0.1) is 0 Å². The Kier molecular flexibility index (Phi) is 4.81. The first-order valence-electron chi connectivity index (χ1n) is 8.50. The first-order valence-corrected chi connectivity index (χ1v) is 9.72. The molecule has 0 aliphatic carbocycles. The molecule has 6 nitrogen and oxygen atoms in total. The lowest BCUT2D eigenvalue weighted by Gasteiger charge is -2.26. The van der Waals surface area contributed by atoms with Gasteiger partial charge in [-0.15, -0.1) is 0 Å². The number of amides is 1. The van der Waals surface area contributed by atoms with Crippen molar-refractivity contribution in [1.82, 2.24) is 14.3 Å². The van der Waals surface area contributed by atoms with Crippen molar-refractivity contribution in [3.05, 3.63) is 54.5 Å². The summed E-state index contributed by atoms with van der Waals surface area (Å²) in [5.74, 6) is -0.00393. The Morgan fingerprint density at radius 1 is 1.19 bits per heavy atom. The number of benzene rings is 1. The van der Waals surface area contributed by atoms with Gasteiger partial charge in [-0.25, -0.2) is 4.98 Å². The fraction of sp³-hybridized carbons (Fsp3) is 0.263. The van der Waals surface area contributed by atoms with E-state index in [1.165, 1.54) is 0 Å². The lowest BCUT2D eigenvalue weighted by atomic mass is 10.1. The number of aromatic nitrogens is 2. The van der Waals surface area contributed by atoms with Crippen molar-refractivity contribution in [1.29, 1.82) is 0 Å². The van der Waals surface area contributed by atoms with Gasteiger partial charge in [0, 0.05) is 31.2 Å². The molecule has 1 amide bonds. The molecule has 1 N–H and O–H groups in total. The van der Waals surface area contributed by atoms with Gasteiger partial charge in [-0.3, -0.25) is 9.20 Å². The molecule has 134 valence electrons. The molecule has 0 unspecified atom stereocenters. The molecule has 0 atom stereocenters. The number of fused-ring (bicyclic) bond motifs is 1. The van der Waals surface area contributed by atoms with E-state index in [9.17, 15) is 4.79 Å². The molecule has 7 heteroatoms. The van der Waals surface area contributed by atoms with Gasteiger partial charge in [0.15, 0.2) is 0 Å². The molecule has 1 aliphatic rings. The molecule has 3 aromatic rings. The first-order chi connectivity index (χ1) is 12.8. The number of morpholine rings is 1. The van der Waals surface area contributed by atoms with E-state index in [4.69, 9.17) is 4.74 Å². The number of pyridine rings is 1. The lowest BCUT2D eigenvalue weighted by Crippen LogP contribution is -2.41. The molecule has 2 aromatic heterocycles. The summed E-state index contributed by atoms with van der Waals surface area (Å²) >= 11 is 1.56. The predicted molar refractivity (Wildman–Crippen MR) is 104 cm³/mol. The number of rotatable bonds is 4. The predicted octanol–water partition coefficient (Wildman–Crippen LogP) is 3.16. The van der Waals surface area contributed by atoms with Crippen molar-refractivity contribution in [2.75, 3.05) is 37.3 Å². The van der Waals surface area contributed by atoms with Crippen LogP contribution in [0.2, 0.25) is 0 Å². The first kappa shape index (κ1) is 16.9. The maximum absolute atomic E-state index is 12.9. The molecular weight excluding hydrogens is 348 g/mol. The molecule has 4 rings (SSSR count). The van der Waals surface area contributed by atoms with Crippen LogP contribution in [0.5, 0.6) is 0 Å². The molecule has 0 spiro atoms. The second-order valence-corrected chi connectivity index (χ2v) is 6.69. The van der Waals surface area contributed by atoms with E-state index in [0.29, 0.717) is 32.0 Å². The van der Waals surface area contributed by atoms with Crippen molar-refractivity contribution in [2.24, 2.45) is 0 Å². The zero-order valence-corrected chi connectivity index (χ0v) is 15.3. The Hall–Kier alpha value is -2.51. The Bertz CT molecular complexity index is 934. The number of nitrogens with one attached hydrogen (secondary N) is 1. The van der Waals surface area contributed by atoms with Gasteiger partial charge in [-0.1, -0.05) is 24.1 Å². The monoisotopic (exact) mass is 368 g/mol. The van der Waals surface area contributed by atoms with Gasteiger partial charge in [0.2, 0.25) is 0 Å². The second kappa shape index (κ2) is 7.39. The van der Waals surface area contributed by atoms with Gasteiger partial charge in [-0.2, -0.15) is 0 Å². The van der Waals surface area contributed by atoms with Gasteiger partial charge in [0.25, 0.3) is 5.91 Å². The number of anilines is 1. The molecule has 0 bridgehead atoms. The van der Waals surface area contributed by atoms with Crippen molar-refractivity contribution >= 4 is 29.2 Å². The fourth-order valence-electron chi connectivity index (χ4n) is 3.12. The molecule has 26 heavy (non-hydrogen) atoms. The van der Waals surface area contributed by atoms with Gasteiger partial charge in [0.1, 0.15) is 11.3 Å². The zero-order valence-electron chi connectivity index (χ0n) is 14.5. The van der Waals surface area contributed by atoms with Crippen LogP contribution in [0.3, 0.4) is 0 Å². The van der Waals surface area contributed by atoms with Crippen LogP contribution in [0.4, 0.5) is 5.69 Å². The van der Waals surface area contributed by atoms with Crippen LogP contribution in [0.15, 0.2) is 48.8 Å². The summed E-state index contributed by atoms with van der Waals surface area (Å²) in [7, 11) is 0. The Balaban J connectivity index is 1.70. The summed E-state index contributed by atoms with van der Waals surface area (Å²) in [4.78, 5) is 19.1. The minimum atomic E-state index is -0.00393. The molecule has 1 saturated heterocycles. The quantitative estimate of drug-likeness (QED) is 0.717. The second-order valence-electron chi connectivity index (χ2n) is 6.08. The lowest BCUT2D eigenvalue weighted by molar-refractivity contribution is 0.0298. The highest BCUT2D eigenvalue weighted by molar-refractivity contribution is 7.99. The van der Waals surface area contributed by atoms with E-state index in [-0.39, 0.29) is 5.91 Å². The Morgan fingerprint density at radius 3 is 2.85 bits per heavy atom. The van der Waals surface area contributed by atoms with E-state index < -0.39 is 0 Å². The van der Waals surface area contributed by atoms with Crippen molar-refractivity contribution in [3.63, 3.8) is 0 Å². The van der Waals surface area contributed by atoms with Gasteiger partial charge in [0.05, 0.1) is 19.4 Å². The van der Waals surface area contributed by atoms with Crippen LogP contribution in [-0.4, -0.2) is 52.8 Å². The maximum atomic E-state index is 12.9. The number of nitrogens with zero attached hydrogens (tertiary/aromatic N) is 3. The smallest absolute Gasteiger partial charge is 0.272 e. The standard InChI is InChI=1S/C19H20N4O2S/c1-26-21-16-4-2-3-14(11-16)15-5-6-18-20-12-17(23(18)13-15)19(24)22-7-9-25-10-8-22/h2-6,11-13,21H,7-10H2,1H3. The Labute approximate surface area is 156 Å². The third-order valence-corrected chi connectivity index (χ3v) is 4.88. The van der Waals surface area contributed by atoms with Crippen LogP contribution in [0.1, 0.15) is 10.5 Å². The normalized spacial score (nSPS) is 14.6. The molecule has 0 saturated carbocycles. The van der Waals surface area contributed by atoms with E-state index in [0.717, 1.165) is 22.5 Å². The SMILES string of the molecule is CSNc1cccc(-c2ccc3ncc(C(=O)N4CCOCC4)n3c2)c1. The molecule has 1 fully saturated rings. The highest BCUT2D eigenvalue weighted by Gasteiger charge is 2.21. The van der Waals surface area contributed by atoms with Crippen LogP contribution >= 0.6 is 11.9 Å². The number of carbonyl (C=O) groups excluding carboxylic acids is 1. The van der Waals surface area contributed by atoms with Gasteiger partial charge in [-0.05, 0) is 35.4 Å². The average Bonchev–Trinajstić information content (AvgIpc) is 3.12. The molecule has 0 radical (unpaired) electrons. The van der Waals surface area contributed by atoms with E-state index in [2.05, 4.69) is 21.8 Å². The van der Waals surface area contributed by atoms with Crippen LogP contribution in [-0.2, 0) is 4.74 Å². The number of ether oxygens (including phenoxy) is 1. The van der Waals surface area contributed by atoms with Crippen molar-refractivity contribution < 1.29 is 9.53 Å². The number of hydrogen-bond donors (Lipinski definition) is 1. The minimum absolute atomic E-state index is 0.00393. The molecule has 1 aromatic carbocycles. The van der Waals surface area contributed by atoms with Gasteiger partial charge < -0.3 is 14.4 Å².